The smallest absolute Gasteiger partial charge is 0.148 e. The highest BCUT2D eigenvalue weighted by molar-refractivity contribution is 5.60. The summed E-state index contributed by atoms with van der Waals surface area (Å²) < 4.78 is 0. The lowest BCUT2D eigenvalue weighted by Crippen LogP contribution is -2.31. The molecule has 1 heterocycles. The Kier molecular flexibility index (Phi) is 3.18. The molecule has 0 saturated heterocycles. The summed E-state index contributed by atoms with van der Waals surface area (Å²) >= 11 is 0. The molecule has 2 N–H and O–H groups in total. The molecule has 3 heteroatoms. The Morgan fingerprint density at radius 1 is 1.06 bits per heavy atom. The van der Waals surface area contributed by atoms with E-state index in [0.29, 0.717) is 5.82 Å². The fraction of sp³-hybridized carbons (Fsp3) is 0.333. The topological polar surface area (TPSA) is 51.8 Å². The maximum absolute atomic E-state index is 6.08. The lowest BCUT2D eigenvalue weighted by molar-refractivity contribution is 0.512. The number of aromatic nitrogens is 2. The van der Waals surface area contributed by atoms with Crippen LogP contribution in [0.15, 0.2) is 30.3 Å². The van der Waals surface area contributed by atoms with Crippen LogP contribution < -0.4 is 5.73 Å². The first-order valence-corrected chi connectivity index (χ1v) is 6.08. The molecule has 1 aromatic carbocycles. The first-order valence-electron chi connectivity index (χ1n) is 6.08. The van der Waals surface area contributed by atoms with Crippen molar-refractivity contribution in [1.29, 1.82) is 0 Å². The Bertz CT molecular complexity index is 568. The number of nitrogens with zero attached hydrogens (tertiary/aromatic N) is 2. The van der Waals surface area contributed by atoms with Crippen LogP contribution >= 0.6 is 0 Å². The van der Waals surface area contributed by atoms with Gasteiger partial charge in [-0.3, -0.25) is 0 Å². The first-order chi connectivity index (χ1) is 8.36. The lowest BCUT2D eigenvalue weighted by atomic mass is 10.0. The van der Waals surface area contributed by atoms with Crippen molar-refractivity contribution in [3.8, 4) is 11.3 Å². The Hall–Kier alpha value is -1.74. The first kappa shape index (κ1) is 12.7. The number of nitrogens with two attached hydrogens (primary N) is 1. The van der Waals surface area contributed by atoms with Crippen LogP contribution in [0.2, 0.25) is 0 Å². The second-order valence-electron chi connectivity index (χ2n) is 5.31. The molecule has 18 heavy (non-hydrogen) atoms. The van der Waals surface area contributed by atoms with Crippen molar-refractivity contribution in [2.24, 2.45) is 5.73 Å². The molecule has 0 spiro atoms. The minimum Gasteiger partial charge on any atom is -0.319 e. The number of benzene rings is 1. The monoisotopic (exact) mass is 241 g/mol. The van der Waals surface area contributed by atoms with E-state index in [-0.39, 0.29) is 0 Å². The van der Waals surface area contributed by atoms with Crippen LogP contribution in [0.5, 0.6) is 0 Å². The normalized spacial score (nSPS) is 11.6. The molecule has 0 aliphatic heterocycles. The second-order valence-corrected chi connectivity index (χ2v) is 5.31. The fourth-order valence-electron chi connectivity index (χ4n) is 1.81. The van der Waals surface area contributed by atoms with Crippen LogP contribution in [-0.2, 0) is 5.54 Å². The zero-order valence-corrected chi connectivity index (χ0v) is 11.4. The average molecular weight is 241 g/mol. The lowest BCUT2D eigenvalue weighted by Gasteiger charge is -2.18. The molecule has 0 aliphatic rings. The van der Waals surface area contributed by atoms with Gasteiger partial charge in [0.15, 0.2) is 0 Å². The molecule has 1 aromatic heterocycles. The van der Waals surface area contributed by atoms with E-state index in [1.54, 1.807) is 0 Å². The van der Waals surface area contributed by atoms with E-state index in [9.17, 15) is 0 Å². The summed E-state index contributed by atoms with van der Waals surface area (Å²) in [5.41, 5.74) is 9.75. The van der Waals surface area contributed by atoms with E-state index < -0.39 is 5.54 Å². The number of hydrogen-bond acceptors (Lipinski definition) is 3. The van der Waals surface area contributed by atoms with Gasteiger partial charge in [0, 0.05) is 11.3 Å². The van der Waals surface area contributed by atoms with E-state index >= 15 is 0 Å². The number of hydrogen-bond donors (Lipinski definition) is 1. The zero-order chi connectivity index (χ0) is 13.3. The van der Waals surface area contributed by atoms with Crippen molar-refractivity contribution in [3.05, 3.63) is 47.4 Å². The number of rotatable bonds is 2. The molecule has 0 saturated carbocycles. The van der Waals surface area contributed by atoms with Gasteiger partial charge in [-0.1, -0.05) is 23.8 Å². The second kappa shape index (κ2) is 4.50. The Morgan fingerprint density at radius 2 is 1.78 bits per heavy atom. The molecular weight excluding hydrogens is 222 g/mol. The van der Waals surface area contributed by atoms with Crippen LogP contribution in [0.1, 0.15) is 30.9 Å². The molecule has 0 bridgehead atoms. The maximum atomic E-state index is 6.08. The van der Waals surface area contributed by atoms with Gasteiger partial charge in [-0.15, -0.1) is 0 Å². The highest BCUT2D eigenvalue weighted by Gasteiger charge is 2.19. The molecule has 3 nitrogen and oxygen atoms in total. The summed E-state index contributed by atoms with van der Waals surface area (Å²) in [6, 6.07) is 10.3. The van der Waals surface area contributed by atoms with Gasteiger partial charge in [-0.05, 0) is 39.8 Å². The largest absolute Gasteiger partial charge is 0.319 e. The molecule has 2 aromatic rings. The molecule has 2 rings (SSSR count). The zero-order valence-electron chi connectivity index (χ0n) is 11.4. The van der Waals surface area contributed by atoms with Gasteiger partial charge in [0.25, 0.3) is 0 Å². The van der Waals surface area contributed by atoms with Crippen molar-refractivity contribution in [1.82, 2.24) is 9.97 Å². The maximum Gasteiger partial charge on any atom is 0.148 e. The van der Waals surface area contributed by atoms with Crippen molar-refractivity contribution in [2.45, 2.75) is 33.2 Å². The van der Waals surface area contributed by atoms with Crippen molar-refractivity contribution >= 4 is 0 Å². The molecule has 0 fully saturated rings. The predicted octanol–water partition coefficient (Wildman–Crippen LogP) is 2.95. The average Bonchev–Trinajstić information content (AvgIpc) is 2.27. The van der Waals surface area contributed by atoms with E-state index in [4.69, 9.17) is 5.73 Å². The van der Waals surface area contributed by atoms with Gasteiger partial charge < -0.3 is 5.73 Å². The van der Waals surface area contributed by atoms with Gasteiger partial charge in [-0.25, -0.2) is 9.97 Å². The summed E-state index contributed by atoms with van der Waals surface area (Å²) in [6.45, 7) is 7.88. The van der Waals surface area contributed by atoms with Crippen LogP contribution in [0, 0.1) is 13.8 Å². The minimum absolute atomic E-state index is 0.523. The van der Waals surface area contributed by atoms with Gasteiger partial charge in [-0.2, -0.15) is 0 Å². The Morgan fingerprint density at radius 3 is 2.39 bits per heavy atom. The SMILES string of the molecule is Cc1cccc(-c2cc(C)nc(C(C)(C)N)n2)c1. The van der Waals surface area contributed by atoms with Gasteiger partial charge >= 0.3 is 0 Å². The van der Waals surface area contributed by atoms with Crippen LogP contribution in [0.25, 0.3) is 11.3 Å². The summed E-state index contributed by atoms with van der Waals surface area (Å²) in [6.07, 6.45) is 0. The van der Waals surface area contributed by atoms with E-state index in [1.165, 1.54) is 5.56 Å². The highest BCUT2D eigenvalue weighted by atomic mass is 15.0. The van der Waals surface area contributed by atoms with E-state index in [1.807, 2.05) is 32.9 Å². The quantitative estimate of drug-likeness (QED) is 0.879. The third-order valence-electron chi connectivity index (χ3n) is 2.74. The minimum atomic E-state index is -0.523. The molecule has 0 aliphatic carbocycles. The van der Waals surface area contributed by atoms with Crippen LogP contribution in [-0.4, -0.2) is 9.97 Å². The molecule has 94 valence electrons. The summed E-state index contributed by atoms with van der Waals surface area (Å²) in [7, 11) is 0. The molecule has 0 radical (unpaired) electrons. The van der Waals surface area contributed by atoms with Crippen molar-refractivity contribution in [3.63, 3.8) is 0 Å². The van der Waals surface area contributed by atoms with Crippen molar-refractivity contribution in [2.75, 3.05) is 0 Å². The predicted molar refractivity (Wildman–Crippen MR) is 74.2 cm³/mol. The fourth-order valence-corrected chi connectivity index (χ4v) is 1.81. The summed E-state index contributed by atoms with van der Waals surface area (Å²) in [5, 5.41) is 0. The molecule has 0 amide bonds. The van der Waals surface area contributed by atoms with Crippen molar-refractivity contribution < 1.29 is 0 Å². The Balaban J connectivity index is 2.55. The van der Waals surface area contributed by atoms with Gasteiger partial charge in [0.2, 0.25) is 0 Å². The molecular formula is C15H19N3. The van der Waals surface area contributed by atoms with Crippen LogP contribution in [0.3, 0.4) is 0 Å². The van der Waals surface area contributed by atoms with Crippen LogP contribution in [0.4, 0.5) is 0 Å². The Labute approximate surface area is 108 Å². The molecule has 0 unspecified atom stereocenters. The van der Waals surface area contributed by atoms with Gasteiger partial charge in [0.05, 0.1) is 11.2 Å². The van der Waals surface area contributed by atoms with E-state index in [0.717, 1.165) is 17.0 Å². The molecule has 0 atom stereocenters. The van der Waals surface area contributed by atoms with E-state index in [2.05, 4.69) is 35.1 Å². The van der Waals surface area contributed by atoms with Gasteiger partial charge in [0.1, 0.15) is 5.82 Å². The number of aryl methyl sites for hydroxylation is 2. The summed E-state index contributed by atoms with van der Waals surface area (Å²) in [4.78, 5) is 9.00. The third kappa shape index (κ3) is 2.74. The third-order valence-corrected chi connectivity index (χ3v) is 2.74. The summed E-state index contributed by atoms with van der Waals surface area (Å²) in [5.74, 6) is 0.680. The standard InChI is InChI=1S/C15H19N3/c1-10-6-5-7-12(8-10)13-9-11(2)17-14(18-13)15(3,4)16/h5-9H,16H2,1-4H3. The highest BCUT2D eigenvalue weighted by Crippen LogP contribution is 2.21.